The molecule has 4 atom stereocenters. The molecule has 184 valence electrons. The number of rotatable bonds is 10. The maximum atomic E-state index is 12.2. The number of aliphatic hydroxyl groups excluding tert-OH is 3. The van der Waals surface area contributed by atoms with E-state index in [9.17, 15) is 30.2 Å². The second kappa shape index (κ2) is 11.1. The van der Waals surface area contributed by atoms with Gasteiger partial charge in [0.25, 0.3) is 5.69 Å². The summed E-state index contributed by atoms with van der Waals surface area (Å²) in [7, 11) is 2.58. The van der Waals surface area contributed by atoms with Crippen LogP contribution in [0.5, 0.6) is 17.2 Å². The molecule has 2 aromatic carbocycles. The van der Waals surface area contributed by atoms with Crippen molar-refractivity contribution in [1.29, 1.82) is 0 Å². The van der Waals surface area contributed by atoms with E-state index in [1.165, 1.54) is 50.6 Å². The van der Waals surface area contributed by atoms with Gasteiger partial charge in [-0.1, -0.05) is 0 Å². The van der Waals surface area contributed by atoms with Gasteiger partial charge < -0.3 is 39.0 Å². The molecule has 3 rings (SSSR count). The zero-order valence-corrected chi connectivity index (χ0v) is 18.4. The van der Waals surface area contributed by atoms with Gasteiger partial charge in [-0.2, -0.15) is 0 Å². The fourth-order valence-electron chi connectivity index (χ4n) is 3.39. The molecule has 12 heteroatoms. The number of esters is 1. The Balaban J connectivity index is 1.82. The molecule has 1 aliphatic rings. The quantitative estimate of drug-likeness (QED) is 0.251. The second-order valence-corrected chi connectivity index (χ2v) is 7.40. The molecule has 12 nitrogen and oxygen atoms in total. The third kappa shape index (κ3) is 5.54. The molecule has 0 bridgehead atoms. The number of hydrogen-bond donors (Lipinski definition) is 3. The monoisotopic (exact) mass is 479 g/mol. The van der Waals surface area contributed by atoms with Gasteiger partial charge in [-0.05, 0) is 29.8 Å². The maximum absolute atomic E-state index is 12.2. The Morgan fingerprint density at radius 3 is 2.21 bits per heavy atom. The molecule has 1 aliphatic heterocycles. The van der Waals surface area contributed by atoms with Gasteiger partial charge in [-0.15, -0.1) is 0 Å². The van der Waals surface area contributed by atoms with Crippen molar-refractivity contribution in [2.45, 2.75) is 31.0 Å². The first-order valence-electron chi connectivity index (χ1n) is 10.2. The third-order valence-corrected chi connectivity index (χ3v) is 5.23. The third-order valence-electron chi connectivity index (χ3n) is 5.23. The SMILES string of the molecule is COC(=O)c1cc(OCc2ccc([N+](=O)[O-])cc2)c(OC)c(OC[C@@H]2O[C@H](CO)[C@@H](O)[C@H]2O)c1. The average Bonchev–Trinajstić information content (AvgIpc) is 3.13. The first kappa shape index (κ1) is 25.2. The van der Waals surface area contributed by atoms with Crippen LogP contribution in [0.1, 0.15) is 15.9 Å². The topological polar surface area (TPSA) is 167 Å². The van der Waals surface area contributed by atoms with Crippen LogP contribution in [-0.2, 0) is 16.1 Å². The van der Waals surface area contributed by atoms with E-state index in [-0.39, 0.29) is 41.7 Å². The minimum Gasteiger partial charge on any atom is -0.490 e. The summed E-state index contributed by atoms with van der Waals surface area (Å²) in [4.78, 5) is 22.5. The molecule has 0 saturated carbocycles. The fourth-order valence-corrected chi connectivity index (χ4v) is 3.39. The fraction of sp³-hybridized carbons (Fsp3) is 0.409. The van der Waals surface area contributed by atoms with Crippen LogP contribution in [0.25, 0.3) is 0 Å². The standard InChI is InChI=1S/C22H25NO11/c1-30-21-15(32-10-12-3-5-14(6-4-12)23(28)29)7-13(22(27)31-2)8-16(21)33-11-18-20(26)19(25)17(9-24)34-18/h3-8,17-20,24-26H,9-11H2,1-2H3/t17-,18+,19-,20+/m1/s1. The van der Waals surface area contributed by atoms with Crippen molar-refractivity contribution >= 4 is 11.7 Å². The predicted molar refractivity (Wildman–Crippen MR) is 115 cm³/mol. The number of carbonyl (C=O) groups excluding carboxylic acids is 1. The van der Waals surface area contributed by atoms with Crippen molar-refractivity contribution in [1.82, 2.24) is 0 Å². The Labute approximate surface area is 194 Å². The van der Waals surface area contributed by atoms with Crippen molar-refractivity contribution in [3.05, 3.63) is 57.6 Å². The highest BCUT2D eigenvalue weighted by molar-refractivity contribution is 5.91. The summed E-state index contributed by atoms with van der Waals surface area (Å²) in [6.07, 6.45) is -4.46. The van der Waals surface area contributed by atoms with Crippen LogP contribution >= 0.6 is 0 Å². The minimum atomic E-state index is -1.29. The lowest BCUT2D eigenvalue weighted by Crippen LogP contribution is -2.35. The van der Waals surface area contributed by atoms with Gasteiger partial charge in [0.15, 0.2) is 11.5 Å². The van der Waals surface area contributed by atoms with Gasteiger partial charge in [0, 0.05) is 12.1 Å². The van der Waals surface area contributed by atoms with Gasteiger partial charge in [0.2, 0.25) is 5.75 Å². The van der Waals surface area contributed by atoms with Crippen LogP contribution in [0.4, 0.5) is 5.69 Å². The van der Waals surface area contributed by atoms with Crippen molar-refractivity contribution in [2.75, 3.05) is 27.4 Å². The smallest absolute Gasteiger partial charge is 0.338 e. The summed E-state index contributed by atoms with van der Waals surface area (Å²) in [5, 5.41) is 40.1. The predicted octanol–water partition coefficient (Wildman–Crippen LogP) is 0.829. The second-order valence-electron chi connectivity index (χ2n) is 7.40. The molecule has 2 aromatic rings. The van der Waals surface area contributed by atoms with Gasteiger partial charge in [-0.25, -0.2) is 4.79 Å². The van der Waals surface area contributed by atoms with E-state index in [1.807, 2.05) is 0 Å². The molecular formula is C22H25NO11. The van der Waals surface area contributed by atoms with E-state index in [1.54, 1.807) is 0 Å². The van der Waals surface area contributed by atoms with E-state index in [0.717, 1.165) is 0 Å². The summed E-state index contributed by atoms with van der Waals surface area (Å²) < 4.78 is 27.1. The zero-order chi connectivity index (χ0) is 24.8. The largest absolute Gasteiger partial charge is 0.490 e. The molecular weight excluding hydrogens is 454 g/mol. The van der Waals surface area contributed by atoms with Crippen molar-refractivity contribution in [3.8, 4) is 17.2 Å². The molecule has 0 aromatic heterocycles. The Kier molecular flexibility index (Phi) is 8.23. The molecule has 1 saturated heterocycles. The summed E-state index contributed by atoms with van der Waals surface area (Å²) in [5.74, 6) is -0.302. The molecule has 0 spiro atoms. The number of nitro benzene ring substituents is 1. The van der Waals surface area contributed by atoms with Gasteiger partial charge >= 0.3 is 5.97 Å². The van der Waals surface area contributed by atoms with E-state index >= 15 is 0 Å². The van der Waals surface area contributed by atoms with Crippen LogP contribution in [0, 0.1) is 10.1 Å². The normalized spacial score (nSPS) is 21.7. The molecule has 1 heterocycles. The van der Waals surface area contributed by atoms with Gasteiger partial charge in [-0.3, -0.25) is 10.1 Å². The summed E-state index contributed by atoms with van der Waals surface area (Å²) >= 11 is 0. The van der Waals surface area contributed by atoms with Gasteiger partial charge in [0.05, 0.1) is 31.3 Å². The van der Waals surface area contributed by atoms with Crippen LogP contribution in [0.3, 0.4) is 0 Å². The molecule has 0 unspecified atom stereocenters. The highest BCUT2D eigenvalue weighted by atomic mass is 16.6. The Hall–Kier alpha value is -3.45. The Morgan fingerprint density at radius 2 is 1.68 bits per heavy atom. The van der Waals surface area contributed by atoms with Crippen molar-refractivity contribution < 1.29 is 48.7 Å². The molecule has 0 amide bonds. The van der Waals surface area contributed by atoms with E-state index in [0.29, 0.717) is 5.56 Å². The van der Waals surface area contributed by atoms with Crippen LogP contribution < -0.4 is 14.2 Å². The molecule has 34 heavy (non-hydrogen) atoms. The number of non-ortho nitro benzene ring substituents is 1. The summed E-state index contributed by atoms with van der Waals surface area (Å²) in [5.41, 5.74) is 0.665. The molecule has 0 aliphatic carbocycles. The number of nitrogens with zero attached hydrogens (tertiary/aromatic N) is 1. The number of aliphatic hydroxyl groups is 3. The molecule has 1 fully saturated rings. The lowest BCUT2D eigenvalue weighted by atomic mass is 10.1. The zero-order valence-electron chi connectivity index (χ0n) is 18.4. The van der Waals surface area contributed by atoms with Crippen LogP contribution in [0.2, 0.25) is 0 Å². The van der Waals surface area contributed by atoms with Crippen LogP contribution in [-0.4, -0.2) is 78.1 Å². The number of nitro groups is 1. The lowest BCUT2D eigenvalue weighted by Gasteiger charge is -2.19. The Bertz CT molecular complexity index is 1010. The highest BCUT2D eigenvalue weighted by Crippen LogP contribution is 2.40. The number of ether oxygens (including phenoxy) is 5. The van der Waals surface area contributed by atoms with Crippen molar-refractivity contribution in [3.63, 3.8) is 0 Å². The average molecular weight is 479 g/mol. The first-order chi connectivity index (χ1) is 16.3. The van der Waals surface area contributed by atoms with Crippen molar-refractivity contribution in [2.24, 2.45) is 0 Å². The first-order valence-corrected chi connectivity index (χ1v) is 10.2. The molecule has 0 radical (unpaired) electrons. The number of benzene rings is 2. The van der Waals surface area contributed by atoms with Gasteiger partial charge in [0.1, 0.15) is 37.6 Å². The lowest BCUT2D eigenvalue weighted by molar-refractivity contribution is -0.384. The number of carbonyl (C=O) groups is 1. The Morgan fingerprint density at radius 1 is 1.06 bits per heavy atom. The summed E-state index contributed by atoms with van der Waals surface area (Å²) in [6.45, 7) is -0.693. The number of hydrogen-bond acceptors (Lipinski definition) is 11. The van der Waals surface area contributed by atoms with E-state index in [2.05, 4.69) is 0 Å². The van der Waals surface area contributed by atoms with E-state index < -0.39 is 41.9 Å². The summed E-state index contributed by atoms with van der Waals surface area (Å²) in [6, 6.07) is 8.52. The number of methoxy groups -OCH3 is 2. The minimum absolute atomic E-state index is 0.00719. The highest BCUT2D eigenvalue weighted by Gasteiger charge is 2.42. The molecule has 3 N–H and O–H groups in total. The van der Waals surface area contributed by atoms with E-state index in [4.69, 9.17) is 23.7 Å². The maximum Gasteiger partial charge on any atom is 0.338 e. The van der Waals surface area contributed by atoms with Crippen LogP contribution in [0.15, 0.2) is 36.4 Å².